The maximum atomic E-state index is 6.18. The van der Waals surface area contributed by atoms with Crippen molar-refractivity contribution in [1.82, 2.24) is 29.7 Å². The number of aromatic nitrogens is 5. The Morgan fingerprint density at radius 2 is 1.96 bits per heavy atom. The van der Waals surface area contributed by atoms with E-state index in [0.29, 0.717) is 11.7 Å². The van der Waals surface area contributed by atoms with Crippen LogP contribution in [0.4, 0.5) is 5.69 Å². The molecule has 4 aromatic heterocycles. The van der Waals surface area contributed by atoms with Crippen molar-refractivity contribution in [3.63, 3.8) is 0 Å². The van der Waals surface area contributed by atoms with Crippen molar-refractivity contribution >= 4 is 23.0 Å². The summed E-state index contributed by atoms with van der Waals surface area (Å²) in [5.74, 6) is 0. The quantitative estimate of drug-likeness (QED) is 0.555. The Morgan fingerprint density at radius 3 is 2.79 bits per heavy atom. The van der Waals surface area contributed by atoms with Gasteiger partial charge in [-0.3, -0.25) is 4.68 Å². The molecule has 28 heavy (non-hydrogen) atoms. The predicted octanol–water partition coefficient (Wildman–Crippen LogP) is 3.25. The monoisotopic (exact) mass is 391 g/mol. The van der Waals surface area contributed by atoms with E-state index in [-0.39, 0.29) is 0 Å². The van der Waals surface area contributed by atoms with E-state index in [1.807, 2.05) is 35.1 Å². The number of fused-ring (bicyclic) bond motifs is 1. The Kier molecular flexibility index (Phi) is 4.50. The molecule has 0 unspecified atom stereocenters. The van der Waals surface area contributed by atoms with Gasteiger partial charge >= 0.3 is 0 Å². The van der Waals surface area contributed by atoms with E-state index < -0.39 is 0 Å². The van der Waals surface area contributed by atoms with Crippen molar-refractivity contribution in [3.05, 3.63) is 55.2 Å². The lowest BCUT2D eigenvalue weighted by atomic mass is 10.1. The number of anilines is 1. The van der Waals surface area contributed by atoms with Gasteiger partial charge in [0.25, 0.3) is 0 Å². The first-order valence-corrected chi connectivity index (χ1v) is 10.2. The largest absolute Gasteiger partial charge is 0.396 e. The number of hydrogen-bond donors (Lipinski definition) is 2. The van der Waals surface area contributed by atoms with Crippen LogP contribution < -0.4 is 11.1 Å². The molecular weight excluding hydrogens is 370 g/mol. The Labute approximate surface area is 167 Å². The van der Waals surface area contributed by atoms with Crippen LogP contribution in [0.3, 0.4) is 0 Å². The summed E-state index contributed by atoms with van der Waals surface area (Å²) in [6.45, 7) is 2.09. The van der Waals surface area contributed by atoms with E-state index in [0.717, 1.165) is 52.5 Å². The number of hydrogen-bond acceptors (Lipinski definition) is 6. The molecule has 1 aliphatic rings. The molecule has 0 spiro atoms. The highest BCUT2D eigenvalue weighted by molar-refractivity contribution is 7.99. The lowest BCUT2D eigenvalue weighted by Crippen LogP contribution is -2.29. The molecule has 0 aliphatic carbocycles. The topological polar surface area (TPSA) is 86.1 Å². The van der Waals surface area contributed by atoms with Crippen molar-refractivity contribution in [2.75, 3.05) is 18.8 Å². The van der Waals surface area contributed by atoms with Gasteiger partial charge in [0.05, 0.1) is 24.1 Å². The summed E-state index contributed by atoms with van der Waals surface area (Å²) >= 11 is 1.59. The summed E-state index contributed by atoms with van der Waals surface area (Å²) in [6, 6.07) is 8.50. The molecule has 0 radical (unpaired) electrons. The molecule has 0 saturated carbocycles. The van der Waals surface area contributed by atoms with E-state index in [1.165, 1.54) is 0 Å². The van der Waals surface area contributed by atoms with Gasteiger partial charge in [-0.25, -0.2) is 9.50 Å². The summed E-state index contributed by atoms with van der Waals surface area (Å²) in [6.07, 6.45) is 11.8. The number of pyridine rings is 2. The molecule has 8 heteroatoms. The SMILES string of the molecule is Nc1cnn2cc(-c3cnn(C4CCNCC4)c3)cc(Sc3ccccn3)c12. The highest BCUT2D eigenvalue weighted by Gasteiger charge is 2.17. The molecule has 4 aromatic rings. The fraction of sp³-hybridized carbons (Fsp3) is 0.250. The first-order chi connectivity index (χ1) is 13.8. The third kappa shape index (κ3) is 3.25. The Hall–Kier alpha value is -2.84. The van der Waals surface area contributed by atoms with Crippen LogP contribution in [-0.2, 0) is 0 Å². The molecule has 1 aliphatic heterocycles. The molecule has 0 atom stereocenters. The average Bonchev–Trinajstić information content (AvgIpc) is 3.37. The summed E-state index contributed by atoms with van der Waals surface area (Å²) in [7, 11) is 0. The Morgan fingerprint density at radius 1 is 1.07 bits per heavy atom. The van der Waals surface area contributed by atoms with Crippen LogP contribution in [0.15, 0.2) is 65.2 Å². The molecular formula is C20H21N7S. The molecule has 3 N–H and O–H groups in total. The fourth-order valence-electron chi connectivity index (χ4n) is 3.62. The van der Waals surface area contributed by atoms with Crippen molar-refractivity contribution in [1.29, 1.82) is 0 Å². The minimum atomic E-state index is 0.460. The van der Waals surface area contributed by atoms with Gasteiger partial charge in [-0.1, -0.05) is 17.8 Å². The van der Waals surface area contributed by atoms with Gasteiger partial charge in [0.15, 0.2) is 0 Å². The zero-order valence-electron chi connectivity index (χ0n) is 15.3. The maximum Gasteiger partial charge on any atom is 0.103 e. The van der Waals surface area contributed by atoms with E-state index in [1.54, 1.807) is 24.2 Å². The molecule has 1 fully saturated rings. The van der Waals surface area contributed by atoms with Gasteiger partial charge in [-0.2, -0.15) is 10.2 Å². The summed E-state index contributed by atoms with van der Waals surface area (Å²) < 4.78 is 3.95. The Bertz CT molecular complexity index is 1100. The number of nitrogens with zero attached hydrogens (tertiary/aromatic N) is 5. The van der Waals surface area contributed by atoms with Crippen LogP contribution in [0.1, 0.15) is 18.9 Å². The molecule has 5 rings (SSSR count). The van der Waals surface area contributed by atoms with Crippen LogP contribution >= 0.6 is 11.8 Å². The standard InChI is InChI=1S/C20H21N7S/c21-17-11-25-27-12-14(9-18(20(17)27)28-19-3-1-2-6-23-19)15-10-24-26(13-15)16-4-7-22-8-5-16/h1-3,6,9-13,16,22H,4-5,7-8,21H2. The third-order valence-electron chi connectivity index (χ3n) is 5.08. The summed E-state index contributed by atoms with van der Waals surface area (Å²) in [5, 5.41) is 13.4. The fourth-order valence-corrected chi connectivity index (χ4v) is 4.60. The van der Waals surface area contributed by atoms with Gasteiger partial charge in [-0.05, 0) is 44.1 Å². The number of nitrogens with one attached hydrogen (secondary N) is 1. The molecule has 0 aromatic carbocycles. The minimum Gasteiger partial charge on any atom is -0.396 e. The van der Waals surface area contributed by atoms with Gasteiger partial charge in [0.1, 0.15) is 10.5 Å². The average molecular weight is 392 g/mol. The highest BCUT2D eigenvalue weighted by atomic mass is 32.2. The van der Waals surface area contributed by atoms with Gasteiger partial charge in [0, 0.05) is 34.6 Å². The number of nitrogen functional groups attached to an aromatic ring is 1. The van der Waals surface area contributed by atoms with Gasteiger partial charge in [0.2, 0.25) is 0 Å². The van der Waals surface area contributed by atoms with Gasteiger partial charge < -0.3 is 11.1 Å². The summed E-state index contributed by atoms with van der Waals surface area (Å²) in [4.78, 5) is 5.46. The smallest absolute Gasteiger partial charge is 0.103 e. The van der Waals surface area contributed by atoms with E-state index in [4.69, 9.17) is 5.73 Å². The zero-order chi connectivity index (χ0) is 18.9. The summed E-state index contributed by atoms with van der Waals surface area (Å²) in [5.41, 5.74) is 9.90. The van der Waals surface area contributed by atoms with Crippen LogP contribution in [0, 0.1) is 0 Å². The second kappa shape index (κ2) is 7.29. The Balaban J connectivity index is 1.54. The van der Waals surface area contributed by atoms with Crippen molar-refractivity contribution in [3.8, 4) is 11.1 Å². The molecule has 0 amide bonds. The lowest BCUT2D eigenvalue weighted by Gasteiger charge is -2.22. The lowest BCUT2D eigenvalue weighted by molar-refractivity contribution is 0.343. The number of piperidine rings is 1. The normalized spacial score (nSPS) is 15.3. The zero-order valence-corrected chi connectivity index (χ0v) is 16.1. The molecule has 0 bridgehead atoms. The number of rotatable bonds is 4. The van der Waals surface area contributed by atoms with Crippen LogP contribution in [-0.4, -0.2) is 37.5 Å². The van der Waals surface area contributed by atoms with E-state index >= 15 is 0 Å². The predicted molar refractivity (Wildman–Crippen MR) is 110 cm³/mol. The van der Waals surface area contributed by atoms with Gasteiger partial charge in [-0.15, -0.1) is 0 Å². The first kappa shape index (κ1) is 17.3. The van der Waals surface area contributed by atoms with Crippen molar-refractivity contribution < 1.29 is 0 Å². The van der Waals surface area contributed by atoms with Crippen LogP contribution in [0.2, 0.25) is 0 Å². The van der Waals surface area contributed by atoms with Crippen LogP contribution in [0.25, 0.3) is 16.6 Å². The number of nitrogens with two attached hydrogens (primary N) is 1. The molecule has 142 valence electrons. The molecule has 5 heterocycles. The molecule has 7 nitrogen and oxygen atoms in total. The van der Waals surface area contributed by atoms with Crippen LogP contribution in [0.5, 0.6) is 0 Å². The van der Waals surface area contributed by atoms with Crippen molar-refractivity contribution in [2.45, 2.75) is 28.8 Å². The maximum absolute atomic E-state index is 6.18. The minimum absolute atomic E-state index is 0.460. The third-order valence-corrected chi connectivity index (χ3v) is 6.06. The molecule has 1 saturated heterocycles. The second-order valence-electron chi connectivity index (χ2n) is 6.95. The highest BCUT2D eigenvalue weighted by Crippen LogP contribution is 2.35. The van der Waals surface area contributed by atoms with Crippen molar-refractivity contribution in [2.24, 2.45) is 0 Å². The first-order valence-electron chi connectivity index (χ1n) is 9.39. The van der Waals surface area contributed by atoms with E-state index in [2.05, 4.69) is 37.4 Å². The second-order valence-corrected chi connectivity index (χ2v) is 8.01. The van der Waals surface area contributed by atoms with E-state index in [9.17, 15) is 0 Å².